The largest absolute Gasteiger partial charge is 0.495 e. The van der Waals surface area contributed by atoms with Gasteiger partial charge < -0.3 is 25.4 Å². The topological polar surface area (TPSA) is 59.8 Å². The van der Waals surface area contributed by atoms with Crippen molar-refractivity contribution in [2.45, 2.75) is 0 Å². The number of hydrogen-bond donors (Lipinski definition) is 2. The molecule has 0 fully saturated rings. The van der Waals surface area contributed by atoms with Gasteiger partial charge in [-0.1, -0.05) is 0 Å². The van der Waals surface area contributed by atoms with Crippen molar-refractivity contribution in [2.75, 3.05) is 37.2 Å². The predicted octanol–water partition coefficient (Wildman–Crippen LogP) is 3.61. The second-order valence-corrected chi connectivity index (χ2v) is 4.89. The molecule has 1 heterocycles. The Morgan fingerprint density at radius 1 is 1.10 bits per heavy atom. The lowest BCUT2D eigenvalue weighted by atomic mass is 10.1. The molecule has 21 heavy (non-hydrogen) atoms. The van der Waals surface area contributed by atoms with Gasteiger partial charge in [0.2, 0.25) is 0 Å². The first kappa shape index (κ1) is 15.1. The maximum atomic E-state index is 5.92. The van der Waals surface area contributed by atoms with E-state index in [1.807, 2.05) is 43.3 Å². The molecular formula is C15H18ClN3O2. The standard InChI is InChI=1S/C15H17N3O2.ClH/c1-18(2)9-4-5-11-14(6-9)20-15-7-10(16)13(19-3)8-12(15)17-11;/h4-8,17H,16H2,1-3H3;1H. The quantitative estimate of drug-likeness (QED) is 0.708. The van der Waals surface area contributed by atoms with Gasteiger partial charge in [-0.2, -0.15) is 0 Å². The van der Waals surface area contributed by atoms with Gasteiger partial charge in [-0.3, -0.25) is 0 Å². The number of fused-ring (bicyclic) bond motifs is 2. The first-order valence-corrected chi connectivity index (χ1v) is 6.32. The van der Waals surface area contributed by atoms with Crippen LogP contribution < -0.4 is 25.4 Å². The summed E-state index contributed by atoms with van der Waals surface area (Å²) in [6.45, 7) is 0. The lowest BCUT2D eigenvalue weighted by Crippen LogP contribution is -2.10. The molecule has 0 unspecified atom stereocenters. The lowest BCUT2D eigenvalue weighted by molar-refractivity contribution is 0.415. The van der Waals surface area contributed by atoms with Crippen LogP contribution in [0.15, 0.2) is 30.3 Å². The minimum Gasteiger partial charge on any atom is -0.495 e. The molecule has 0 amide bonds. The van der Waals surface area contributed by atoms with E-state index in [1.165, 1.54) is 0 Å². The molecule has 2 aromatic rings. The van der Waals surface area contributed by atoms with Crippen molar-refractivity contribution >= 4 is 35.2 Å². The Hall–Kier alpha value is -2.27. The second kappa shape index (κ2) is 5.61. The van der Waals surface area contributed by atoms with Crippen molar-refractivity contribution in [1.29, 1.82) is 0 Å². The number of nitrogens with zero attached hydrogens (tertiary/aromatic N) is 1. The average molecular weight is 308 g/mol. The van der Waals surface area contributed by atoms with E-state index in [9.17, 15) is 0 Å². The van der Waals surface area contributed by atoms with Gasteiger partial charge >= 0.3 is 0 Å². The normalized spacial score (nSPS) is 11.2. The number of ether oxygens (including phenoxy) is 2. The fourth-order valence-corrected chi connectivity index (χ4v) is 2.18. The van der Waals surface area contributed by atoms with Crippen LogP contribution in [0.3, 0.4) is 0 Å². The van der Waals surface area contributed by atoms with Crippen molar-refractivity contribution in [3.63, 3.8) is 0 Å². The summed E-state index contributed by atoms with van der Waals surface area (Å²) in [4.78, 5) is 2.03. The van der Waals surface area contributed by atoms with E-state index in [0.29, 0.717) is 17.2 Å². The van der Waals surface area contributed by atoms with Crippen LogP contribution in [0.25, 0.3) is 0 Å². The third kappa shape index (κ3) is 2.64. The van der Waals surface area contributed by atoms with E-state index >= 15 is 0 Å². The van der Waals surface area contributed by atoms with Crippen LogP contribution in [0.1, 0.15) is 0 Å². The lowest BCUT2D eigenvalue weighted by Gasteiger charge is -2.24. The van der Waals surface area contributed by atoms with Gasteiger partial charge in [0.25, 0.3) is 0 Å². The van der Waals surface area contributed by atoms with Crippen LogP contribution in [0.2, 0.25) is 0 Å². The van der Waals surface area contributed by atoms with Crippen LogP contribution in [-0.4, -0.2) is 21.2 Å². The number of halogens is 1. The van der Waals surface area contributed by atoms with Gasteiger partial charge in [0.15, 0.2) is 11.5 Å². The molecule has 0 aliphatic carbocycles. The number of anilines is 4. The van der Waals surface area contributed by atoms with Crippen LogP contribution >= 0.6 is 12.4 Å². The number of rotatable bonds is 2. The number of hydrogen-bond acceptors (Lipinski definition) is 5. The zero-order chi connectivity index (χ0) is 14.3. The highest BCUT2D eigenvalue weighted by Crippen LogP contribution is 2.46. The van der Waals surface area contributed by atoms with Crippen molar-refractivity contribution < 1.29 is 9.47 Å². The summed E-state index contributed by atoms with van der Waals surface area (Å²) in [6.07, 6.45) is 0. The zero-order valence-corrected chi connectivity index (χ0v) is 13.0. The molecule has 0 bridgehead atoms. The highest BCUT2D eigenvalue weighted by Gasteiger charge is 2.19. The van der Waals surface area contributed by atoms with Crippen molar-refractivity contribution in [1.82, 2.24) is 0 Å². The molecule has 2 aromatic carbocycles. The van der Waals surface area contributed by atoms with Gasteiger partial charge in [-0.25, -0.2) is 0 Å². The maximum Gasteiger partial charge on any atom is 0.153 e. The first-order valence-electron chi connectivity index (χ1n) is 6.32. The third-order valence-electron chi connectivity index (χ3n) is 3.30. The number of nitrogens with one attached hydrogen (secondary N) is 1. The third-order valence-corrected chi connectivity index (χ3v) is 3.30. The number of nitrogens with two attached hydrogens (primary N) is 1. The molecule has 3 rings (SSSR count). The van der Waals surface area contributed by atoms with Crippen molar-refractivity contribution in [3.8, 4) is 17.2 Å². The molecule has 6 heteroatoms. The Morgan fingerprint density at radius 3 is 2.48 bits per heavy atom. The maximum absolute atomic E-state index is 5.92. The number of methoxy groups -OCH3 is 1. The molecular weight excluding hydrogens is 290 g/mol. The Kier molecular flexibility index (Phi) is 4.04. The molecule has 0 saturated carbocycles. The first-order chi connectivity index (χ1) is 9.58. The zero-order valence-electron chi connectivity index (χ0n) is 12.1. The smallest absolute Gasteiger partial charge is 0.153 e. The molecule has 3 N–H and O–H groups in total. The highest BCUT2D eigenvalue weighted by atomic mass is 35.5. The minimum absolute atomic E-state index is 0. The van der Waals surface area contributed by atoms with Gasteiger partial charge in [0, 0.05) is 38.0 Å². The minimum atomic E-state index is 0. The summed E-state index contributed by atoms with van der Waals surface area (Å²) < 4.78 is 11.1. The molecule has 112 valence electrons. The number of nitrogen functional groups attached to an aromatic ring is 1. The monoisotopic (exact) mass is 307 g/mol. The van der Waals surface area contributed by atoms with Crippen LogP contribution in [-0.2, 0) is 0 Å². The predicted molar refractivity (Wildman–Crippen MR) is 88.8 cm³/mol. The summed E-state index contributed by atoms with van der Waals surface area (Å²) in [5.41, 5.74) is 9.32. The van der Waals surface area contributed by atoms with E-state index in [4.69, 9.17) is 15.2 Å². The molecule has 1 aliphatic heterocycles. The summed E-state index contributed by atoms with van der Waals surface area (Å²) in [7, 11) is 5.59. The second-order valence-electron chi connectivity index (χ2n) is 4.89. The Morgan fingerprint density at radius 2 is 1.81 bits per heavy atom. The summed E-state index contributed by atoms with van der Waals surface area (Å²) in [5.74, 6) is 2.12. The van der Waals surface area contributed by atoms with Gasteiger partial charge in [0.05, 0.1) is 24.2 Å². The van der Waals surface area contributed by atoms with E-state index < -0.39 is 0 Å². The molecule has 1 aliphatic rings. The molecule has 0 saturated heterocycles. The number of benzene rings is 2. The van der Waals surface area contributed by atoms with Crippen molar-refractivity contribution in [2.24, 2.45) is 0 Å². The molecule has 5 nitrogen and oxygen atoms in total. The summed E-state index contributed by atoms with van der Waals surface area (Å²) >= 11 is 0. The highest BCUT2D eigenvalue weighted by molar-refractivity contribution is 5.85. The van der Waals surface area contributed by atoms with Gasteiger partial charge in [-0.05, 0) is 12.1 Å². The Bertz CT molecular complexity index is 674. The van der Waals surface area contributed by atoms with E-state index in [2.05, 4.69) is 5.32 Å². The summed E-state index contributed by atoms with van der Waals surface area (Å²) in [6, 6.07) is 9.64. The van der Waals surface area contributed by atoms with E-state index in [1.54, 1.807) is 13.2 Å². The molecule has 0 radical (unpaired) electrons. The van der Waals surface area contributed by atoms with Crippen LogP contribution in [0, 0.1) is 0 Å². The SMILES string of the molecule is COc1cc2c(cc1N)Oc1cc(N(C)C)ccc1N2.Cl. The van der Waals surface area contributed by atoms with Gasteiger partial charge in [0.1, 0.15) is 5.75 Å². The summed E-state index contributed by atoms with van der Waals surface area (Å²) in [5, 5.41) is 3.33. The molecule has 0 atom stereocenters. The Balaban J connectivity index is 0.00000161. The average Bonchev–Trinajstić information content (AvgIpc) is 2.43. The fraction of sp³-hybridized carbons (Fsp3) is 0.200. The van der Waals surface area contributed by atoms with E-state index in [0.717, 1.165) is 22.8 Å². The molecule has 0 spiro atoms. The van der Waals surface area contributed by atoms with Crippen LogP contribution in [0.5, 0.6) is 17.2 Å². The molecule has 0 aromatic heterocycles. The fourth-order valence-electron chi connectivity index (χ4n) is 2.18. The van der Waals surface area contributed by atoms with Crippen LogP contribution in [0.4, 0.5) is 22.7 Å². The van der Waals surface area contributed by atoms with Crippen molar-refractivity contribution in [3.05, 3.63) is 30.3 Å². The van der Waals surface area contributed by atoms with E-state index in [-0.39, 0.29) is 12.4 Å². The Labute approximate surface area is 130 Å². The van der Waals surface area contributed by atoms with Gasteiger partial charge in [-0.15, -0.1) is 12.4 Å².